The molecule has 0 atom stereocenters. The topological polar surface area (TPSA) is 76.4 Å². The SMILES string of the molecule is N#Cc1ccccc1CN1CCC(C(=O)Nc2ccccc2O)CC1. The molecule has 0 saturated carbocycles. The molecule has 3 rings (SSSR count). The minimum absolute atomic E-state index is 0.0430. The first-order chi connectivity index (χ1) is 12.2. The van der Waals surface area contributed by atoms with E-state index < -0.39 is 0 Å². The number of rotatable bonds is 4. The molecule has 2 aromatic carbocycles. The van der Waals surface area contributed by atoms with Gasteiger partial charge < -0.3 is 10.4 Å². The number of carbonyl (C=O) groups is 1. The average molecular weight is 335 g/mol. The van der Waals surface area contributed by atoms with E-state index in [1.165, 1.54) is 0 Å². The second kappa shape index (κ2) is 7.82. The minimum Gasteiger partial charge on any atom is -0.506 e. The van der Waals surface area contributed by atoms with Gasteiger partial charge in [-0.1, -0.05) is 30.3 Å². The Morgan fingerprint density at radius 1 is 1.16 bits per heavy atom. The third kappa shape index (κ3) is 4.17. The van der Waals surface area contributed by atoms with Crippen molar-refractivity contribution in [3.8, 4) is 11.8 Å². The van der Waals surface area contributed by atoms with Gasteiger partial charge in [0, 0.05) is 12.5 Å². The van der Waals surface area contributed by atoms with Crippen molar-refractivity contribution in [2.24, 2.45) is 5.92 Å². The monoisotopic (exact) mass is 335 g/mol. The van der Waals surface area contributed by atoms with Gasteiger partial charge in [0.15, 0.2) is 0 Å². The van der Waals surface area contributed by atoms with Crippen molar-refractivity contribution in [3.05, 3.63) is 59.7 Å². The maximum absolute atomic E-state index is 12.4. The highest BCUT2D eigenvalue weighted by atomic mass is 16.3. The first-order valence-corrected chi connectivity index (χ1v) is 8.46. The molecule has 1 heterocycles. The zero-order chi connectivity index (χ0) is 17.6. The summed E-state index contributed by atoms with van der Waals surface area (Å²) in [6.45, 7) is 2.37. The number of phenols is 1. The van der Waals surface area contributed by atoms with Gasteiger partial charge in [-0.05, 0) is 49.7 Å². The Bertz CT molecular complexity index is 790. The summed E-state index contributed by atoms with van der Waals surface area (Å²) in [6.07, 6.45) is 1.54. The van der Waals surface area contributed by atoms with E-state index in [4.69, 9.17) is 0 Å². The zero-order valence-corrected chi connectivity index (χ0v) is 14.0. The summed E-state index contributed by atoms with van der Waals surface area (Å²) >= 11 is 0. The molecule has 1 fully saturated rings. The van der Waals surface area contributed by atoms with Crippen LogP contribution in [-0.4, -0.2) is 29.0 Å². The van der Waals surface area contributed by atoms with Crippen molar-refractivity contribution in [2.45, 2.75) is 19.4 Å². The number of nitriles is 1. The molecule has 128 valence electrons. The van der Waals surface area contributed by atoms with Crippen LogP contribution in [0.3, 0.4) is 0 Å². The van der Waals surface area contributed by atoms with E-state index >= 15 is 0 Å². The smallest absolute Gasteiger partial charge is 0.227 e. The summed E-state index contributed by atoms with van der Waals surface area (Å²) in [5, 5.41) is 21.8. The normalized spacial score (nSPS) is 15.5. The van der Waals surface area contributed by atoms with E-state index in [9.17, 15) is 15.2 Å². The molecule has 2 N–H and O–H groups in total. The fraction of sp³-hybridized carbons (Fsp3) is 0.300. The average Bonchev–Trinajstić information content (AvgIpc) is 2.64. The van der Waals surface area contributed by atoms with Crippen molar-refractivity contribution >= 4 is 11.6 Å². The van der Waals surface area contributed by atoms with E-state index in [0.29, 0.717) is 11.3 Å². The Morgan fingerprint density at radius 3 is 2.56 bits per heavy atom. The van der Waals surface area contributed by atoms with E-state index in [1.807, 2.05) is 24.3 Å². The predicted octanol–water partition coefficient (Wildman–Crippen LogP) is 3.11. The van der Waals surface area contributed by atoms with Gasteiger partial charge in [0.1, 0.15) is 5.75 Å². The van der Waals surface area contributed by atoms with Gasteiger partial charge in [-0.2, -0.15) is 5.26 Å². The molecular weight excluding hydrogens is 314 g/mol. The standard InChI is InChI=1S/C20H21N3O2/c21-13-16-5-1-2-6-17(16)14-23-11-9-15(10-12-23)20(25)22-18-7-3-4-8-19(18)24/h1-8,15,24H,9-12,14H2,(H,22,25). The molecule has 0 aromatic heterocycles. The van der Waals surface area contributed by atoms with E-state index in [1.54, 1.807) is 24.3 Å². The van der Waals surface area contributed by atoms with Crippen LogP contribution >= 0.6 is 0 Å². The van der Waals surface area contributed by atoms with Crippen LogP contribution in [0.25, 0.3) is 0 Å². The lowest BCUT2D eigenvalue weighted by Crippen LogP contribution is -2.37. The van der Waals surface area contributed by atoms with Crippen molar-refractivity contribution in [3.63, 3.8) is 0 Å². The van der Waals surface area contributed by atoms with Crippen molar-refractivity contribution in [2.75, 3.05) is 18.4 Å². The number of para-hydroxylation sites is 2. The Hall–Kier alpha value is -2.84. The second-order valence-electron chi connectivity index (χ2n) is 6.33. The Kier molecular flexibility index (Phi) is 5.32. The molecule has 25 heavy (non-hydrogen) atoms. The second-order valence-corrected chi connectivity index (χ2v) is 6.33. The van der Waals surface area contributed by atoms with Crippen LogP contribution in [0.5, 0.6) is 5.75 Å². The lowest BCUT2D eigenvalue weighted by atomic mass is 9.95. The minimum atomic E-state index is -0.0536. The maximum Gasteiger partial charge on any atom is 0.227 e. The Morgan fingerprint density at radius 2 is 1.84 bits per heavy atom. The van der Waals surface area contributed by atoms with Crippen LogP contribution in [0.2, 0.25) is 0 Å². The van der Waals surface area contributed by atoms with Gasteiger partial charge >= 0.3 is 0 Å². The third-order valence-electron chi connectivity index (χ3n) is 4.65. The number of carbonyl (C=O) groups excluding carboxylic acids is 1. The summed E-state index contributed by atoms with van der Waals surface area (Å²) < 4.78 is 0. The van der Waals surface area contributed by atoms with Crippen LogP contribution in [0.1, 0.15) is 24.0 Å². The lowest BCUT2D eigenvalue weighted by Gasteiger charge is -2.31. The number of nitrogens with one attached hydrogen (secondary N) is 1. The molecule has 0 unspecified atom stereocenters. The number of hydrogen-bond donors (Lipinski definition) is 2. The largest absolute Gasteiger partial charge is 0.506 e. The highest BCUT2D eigenvalue weighted by molar-refractivity contribution is 5.93. The van der Waals surface area contributed by atoms with Crippen LogP contribution < -0.4 is 5.32 Å². The fourth-order valence-electron chi connectivity index (χ4n) is 3.18. The van der Waals surface area contributed by atoms with Gasteiger partial charge in [0.05, 0.1) is 17.3 Å². The van der Waals surface area contributed by atoms with Crippen molar-refractivity contribution < 1.29 is 9.90 Å². The number of phenolic OH excluding ortho intramolecular Hbond substituents is 1. The third-order valence-corrected chi connectivity index (χ3v) is 4.65. The van der Waals surface area contributed by atoms with Gasteiger partial charge in [0.2, 0.25) is 5.91 Å². The summed E-state index contributed by atoms with van der Waals surface area (Å²) in [6, 6.07) is 16.6. The maximum atomic E-state index is 12.4. The number of anilines is 1. The molecule has 2 aromatic rings. The van der Waals surface area contributed by atoms with Crippen LogP contribution in [0.15, 0.2) is 48.5 Å². The van der Waals surface area contributed by atoms with E-state index in [2.05, 4.69) is 16.3 Å². The molecule has 1 saturated heterocycles. The predicted molar refractivity (Wildman–Crippen MR) is 95.9 cm³/mol. The highest BCUT2D eigenvalue weighted by Gasteiger charge is 2.25. The van der Waals surface area contributed by atoms with Crippen LogP contribution in [0, 0.1) is 17.2 Å². The van der Waals surface area contributed by atoms with Crippen LogP contribution in [-0.2, 0) is 11.3 Å². The summed E-state index contributed by atoms with van der Waals surface area (Å²) in [5.74, 6) is -0.0120. The number of benzene rings is 2. The van der Waals surface area contributed by atoms with Gasteiger partial charge in [-0.25, -0.2) is 0 Å². The van der Waals surface area contributed by atoms with Crippen molar-refractivity contribution in [1.82, 2.24) is 4.90 Å². The molecule has 0 aliphatic carbocycles. The van der Waals surface area contributed by atoms with Gasteiger partial charge in [0.25, 0.3) is 0 Å². The highest BCUT2D eigenvalue weighted by Crippen LogP contribution is 2.25. The molecule has 0 bridgehead atoms. The zero-order valence-electron chi connectivity index (χ0n) is 14.0. The fourth-order valence-corrected chi connectivity index (χ4v) is 3.18. The van der Waals surface area contributed by atoms with E-state index in [-0.39, 0.29) is 17.6 Å². The number of likely N-dealkylation sites (tertiary alicyclic amines) is 1. The summed E-state index contributed by atoms with van der Waals surface area (Å²) in [5.41, 5.74) is 2.20. The molecule has 1 amide bonds. The van der Waals surface area contributed by atoms with Gasteiger partial charge in [-0.3, -0.25) is 9.69 Å². The number of piperidine rings is 1. The molecule has 0 radical (unpaired) electrons. The molecule has 1 aliphatic heterocycles. The Balaban J connectivity index is 1.54. The van der Waals surface area contributed by atoms with Gasteiger partial charge in [-0.15, -0.1) is 0 Å². The molecular formula is C20H21N3O2. The molecule has 0 spiro atoms. The lowest BCUT2D eigenvalue weighted by molar-refractivity contribution is -0.121. The first-order valence-electron chi connectivity index (χ1n) is 8.46. The first kappa shape index (κ1) is 17.0. The number of nitrogens with zero attached hydrogens (tertiary/aromatic N) is 2. The molecule has 5 heteroatoms. The number of amides is 1. The molecule has 1 aliphatic rings. The Labute approximate surface area is 147 Å². The van der Waals surface area contributed by atoms with E-state index in [0.717, 1.165) is 38.0 Å². The summed E-state index contributed by atoms with van der Waals surface area (Å²) in [7, 11) is 0. The summed E-state index contributed by atoms with van der Waals surface area (Å²) in [4.78, 5) is 14.7. The quantitative estimate of drug-likeness (QED) is 0.842. The van der Waals surface area contributed by atoms with Crippen molar-refractivity contribution in [1.29, 1.82) is 5.26 Å². The number of aromatic hydroxyl groups is 1. The van der Waals surface area contributed by atoms with Crippen LogP contribution in [0.4, 0.5) is 5.69 Å². The number of hydrogen-bond acceptors (Lipinski definition) is 4. The molecule has 5 nitrogen and oxygen atoms in total.